The number of rotatable bonds is 3. The zero-order valence-corrected chi connectivity index (χ0v) is 12.5. The molecule has 0 aliphatic heterocycles. The number of nitrogens with zero attached hydrogens (tertiary/aromatic N) is 2. The molecule has 21 heavy (non-hydrogen) atoms. The molecular weight excluding hydrogens is 375 g/mol. The van der Waals surface area contributed by atoms with Crippen LogP contribution in [0.5, 0.6) is 0 Å². The Bertz CT molecular complexity index is 748. The Morgan fingerprint density at radius 2 is 1.86 bits per heavy atom. The molecule has 0 unspecified atom stereocenters. The third-order valence-corrected chi connectivity index (χ3v) is 4.08. The second-order valence-corrected chi connectivity index (χ2v) is 6.47. The lowest BCUT2D eigenvalue weighted by molar-refractivity contribution is -0.141. The molecule has 0 bridgehead atoms. The number of nitrogens with one attached hydrogen (secondary N) is 1. The van der Waals surface area contributed by atoms with Gasteiger partial charge in [0.2, 0.25) is 0 Å². The molecule has 10 heteroatoms. The quantitative estimate of drug-likeness (QED) is 0.886. The first-order chi connectivity index (χ1) is 9.68. The molecule has 2 rings (SSSR count). The molecule has 2 aromatic rings. The highest BCUT2D eigenvalue weighted by Gasteiger charge is 2.32. The van der Waals surface area contributed by atoms with Crippen molar-refractivity contribution >= 4 is 31.6 Å². The van der Waals surface area contributed by atoms with Crippen LogP contribution in [0, 0.1) is 0 Å². The summed E-state index contributed by atoms with van der Waals surface area (Å²) in [5.74, 6) is 0. The third-order valence-electron chi connectivity index (χ3n) is 2.30. The Kier molecular flexibility index (Phi) is 4.19. The van der Waals surface area contributed by atoms with Gasteiger partial charge in [-0.2, -0.15) is 13.2 Å². The molecule has 112 valence electrons. The summed E-state index contributed by atoms with van der Waals surface area (Å²) in [5, 5.41) is 0. The minimum Gasteiger partial charge on any atom is -0.278 e. The van der Waals surface area contributed by atoms with Gasteiger partial charge in [-0.25, -0.2) is 13.4 Å². The zero-order chi connectivity index (χ0) is 15.7. The van der Waals surface area contributed by atoms with Gasteiger partial charge in [0.1, 0.15) is 10.6 Å². The normalized spacial score (nSPS) is 12.2. The fraction of sp³-hybridized carbons (Fsp3) is 0.0909. The highest BCUT2D eigenvalue weighted by atomic mass is 79.9. The maximum absolute atomic E-state index is 12.4. The van der Waals surface area contributed by atoms with Crippen molar-refractivity contribution in [1.29, 1.82) is 0 Å². The highest BCUT2D eigenvalue weighted by molar-refractivity contribution is 9.10. The van der Waals surface area contributed by atoms with E-state index in [0.717, 1.165) is 18.5 Å². The van der Waals surface area contributed by atoms with Crippen LogP contribution >= 0.6 is 15.9 Å². The Morgan fingerprint density at radius 3 is 2.38 bits per heavy atom. The molecule has 0 aliphatic carbocycles. The van der Waals surface area contributed by atoms with Crippen LogP contribution in [-0.2, 0) is 16.2 Å². The fourth-order valence-electron chi connectivity index (χ4n) is 1.38. The van der Waals surface area contributed by atoms with E-state index < -0.39 is 21.9 Å². The summed E-state index contributed by atoms with van der Waals surface area (Å²) in [5.41, 5.74) is -1.18. The summed E-state index contributed by atoms with van der Waals surface area (Å²) in [4.78, 5) is 6.75. The number of aromatic nitrogens is 2. The first kappa shape index (κ1) is 15.7. The maximum atomic E-state index is 12.4. The molecule has 0 amide bonds. The lowest BCUT2D eigenvalue weighted by Gasteiger charge is -2.09. The highest BCUT2D eigenvalue weighted by Crippen LogP contribution is 2.28. The largest absolute Gasteiger partial charge is 0.433 e. The Balaban J connectivity index is 2.25. The van der Waals surface area contributed by atoms with E-state index >= 15 is 0 Å². The minimum atomic E-state index is -4.58. The van der Waals surface area contributed by atoms with Gasteiger partial charge in [-0.1, -0.05) is 0 Å². The third kappa shape index (κ3) is 3.91. The minimum absolute atomic E-state index is 0.0806. The standard InChI is InChI=1S/C11H7BrF3N3O2S/c12-7-3-9(6-16-4-7)21(19,20)18-8-1-2-10(17-5-8)11(13,14)15/h1-6,18H. The molecule has 2 aromatic heterocycles. The smallest absolute Gasteiger partial charge is 0.278 e. The van der Waals surface area contributed by atoms with Crippen molar-refractivity contribution in [2.75, 3.05) is 4.72 Å². The number of hydrogen-bond acceptors (Lipinski definition) is 4. The first-order valence-electron chi connectivity index (χ1n) is 5.35. The van der Waals surface area contributed by atoms with E-state index in [2.05, 4.69) is 30.6 Å². The van der Waals surface area contributed by atoms with E-state index in [9.17, 15) is 21.6 Å². The Hall–Kier alpha value is -1.68. The van der Waals surface area contributed by atoms with E-state index in [-0.39, 0.29) is 10.6 Å². The predicted octanol–water partition coefficient (Wildman–Crippen LogP) is 3.06. The number of anilines is 1. The Morgan fingerprint density at radius 1 is 1.14 bits per heavy atom. The number of pyridine rings is 2. The summed E-state index contributed by atoms with van der Waals surface area (Å²) in [6.45, 7) is 0. The lowest BCUT2D eigenvalue weighted by atomic mass is 10.3. The maximum Gasteiger partial charge on any atom is 0.433 e. The van der Waals surface area contributed by atoms with E-state index in [1.807, 2.05) is 0 Å². The first-order valence-corrected chi connectivity index (χ1v) is 7.63. The van der Waals surface area contributed by atoms with Crippen LogP contribution in [0.2, 0.25) is 0 Å². The van der Waals surface area contributed by atoms with E-state index in [4.69, 9.17) is 0 Å². The molecule has 5 nitrogen and oxygen atoms in total. The zero-order valence-electron chi connectivity index (χ0n) is 10.1. The van der Waals surface area contributed by atoms with Gasteiger partial charge < -0.3 is 0 Å². The van der Waals surface area contributed by atoms with Crippen molar-refractivity contribution in [1.82, 2.24) is 9.97 Å². The fourth-order valence-corrected chi connectivity index (χ4v) is 2.92. The van der Waals surface area contributed by atoms with Gasteiger partial charge in [-0.05, 0) is 34.1 Å². The summed E-state index contributed by atoms with van der Waals surface area (Å²) < 4.78 is 63.7. The summed E-state index contributed by atoms with van der Waals surface area (Å²) in [6, 6.07) is 2.99. The molecule has 0 atom stereocenters. The van der Waals surface area contributed by atoms with Crippen LogP contribution in [0.4, 0.5) is 18.9 Å². The van der Waals surface area contributed by atoms with Gasteiger partial charge in [-0.3, -0.25) is 9.71 Å². The molecule has 0 saturated carbocycles. The molecule has 0 spiro atoms. The number of hydrogen-bond donors (Lipinski definition) is 1. The van der Waals surface area contributed by atoms with Crippen LogP contribution in [0.1, 0.15) is 5.69 Å². The second kappa shape index (κ2) is 5.60. The summed E-state index contributed by atoms with van der Waals surface area (Å²) in [6.07, 6.45) is -1.26. The van der Waals surface area contributed by atoms with Crippen molar-refractivity contribution in [3.63, 3.8) is 0 Å². The SMILES string of the molecule is O=S(=O)(Nc1ccc(C(F)(F)F)nc1)c1cncc(Br)c1. The van der Waals surface area contributed by atoms with Crippen molar-refractivity contribution < 1.29 is 21.6 Å². The summed E-state index contributed by atoms with van der Waals surface area (Å²) >= 11 is 3.08. The van der Waals surface area contributed by atoms with Gasteiger partial charge in [0.25, 0.3) is 10.0 Å². The molecule has 1 N–H and O–H groups in total. The van der Waals surface area contributed by atoms with Crippen LogP contribution in [0.3, 0.4) is 0 Å². The van der Waals surface area contributed by atoms with Gasteiger partial charge in [0, 0.05) is 16.9 Å². The molecule has 0 aromatic carbocycles. The van der Waals surface area contributed by atoms with E-state index in [1.165, 1.54) is 12.3 Å². The molecule has 0 aliphatic rings. The predicted molar refractivity (Wildman–Crippen MR) is 72.0 cm³/mol. The second-order valence-electron chi connectivity index (χ2n) is 3.87. The Labute approximate surface area is 126 Å². The number of sulfonamides is 1. The summed E-state index contributed by atoms with van der Waals surface area (Å²) in [7, 11) is -3.95. The van der Waals surface area contributed by atoms with Gasteiger partial charge >= 0.3 is 6.18 Å². The number of alkyl halides is 3. The van der Waals surface area contributed by atoms with E-state index in [0.29, 0.717) is 10.5 Å². The van der Waals surface area contributed by atoms with Crippen molar-refractivity contribution in [3.8, 4) is 0 Å². The van der Waals surface area contributed by atoms with Gasteiger partial charge in [0.05, 0.1) is 11.9 Å². The molecule has 0 saturated heterocycles. The molecule has 0 radical (unpaired) electrons. The lowest BCUT2D eigenvalue weighted by Crippen LogP contribution is -2.14. The van der Waals surface area contributed by atoms with Gasteiger partial charge in [0.15, 0.2) is 0 Å². The van der Waals surface area contributed by atoms with Crippen molar-refractivity contribution in [3.05, 3.63) is 47.0 Å². The molecular formula is C11H7BrF3N3O2S. The van der Waals surface area contributed by atoms with Crippen LogP contribution in [0.25, 0.3) is 0 Å². The molecule has 0 fully saturated rings. The van der Waals surface area contributed by atoms with Crippen LogP contribution in [-0.4, -0.2) is 18.4 Å². The monoisotopic (exact) mass is 381 g/mol. The van der Waals surface area contributed by atoms with Crippen molar-refractivity contribution in [2.45, 2.75) is 11.1 Å². The average Bonchev–Trinajstić information content (AvgIpc) is 2.38. The van der Waals surface area contributed by atoms with E-state index in [1.54, 1.807) is 0 Å². The van der Waals surface area contributed by atoms with Crippen LogP contribution in [0.15, 0.2) is 46.2 Å². The number of halogens is 4. The average molecular weight is 382 g/mol. The molecule has 2 heterocycles. The van der Waals surface area contributed by atoms with Gasteiger partial charge in [-0.15, -0.1) is 0 Å². The van der Waals surface area contributed by atoms with Crippen molar-refractivity contribution in [2.24, 2.45) is 0 Å². The van der Waals surface area contributed by atoms with Crippen LogP contribution < -0.4 is 4.72 Å². The topological polar surface area (TPSA) is 72.0 Å².